The van der Waals surface area contributed by atoms with Crippen LogP contribution in [0.25, 0.3) is 0 Å². The fourth-order valence-electron chi connectivity index (χ4n) is 2.18. The third-order valence-electron chi connectivity index (χ3n) is 3.19. The van der Waals surface area contributed by atoms with E-state index in [4.69, 9.17) is 4.74 Å². The van der Waals surface area contributed by atoms with Crippen LogP contribution in [0.3, 0.4) is 0 Å². The molecule has 5 nitrogen and oxygen atoms in total. The first-order valence-corrected chi connectivity index (χ1v) is 7.45. The zero-order valence-electron chi connectivity index (χ0n) is 11.7. The first-order valence-electron chi connectivity index (χ1n) is 6.38. The Bertz CT molecular complexity index is 536. The largest absolute Gasteiger partial charge is 0.442 e. The predicted molar refractivity (Wildman–Crippen MR) is 84.9 cm³/mol. The van der Waals surface area contributed by atoms with Gasteiger partial charge in [-0.15, -0.1) is 0 Å². The molecule has 0 aliphatic carbocycles. The Balaban J connectivity index is 2.14. The lowest BCUT2D eigenvalue weighted by atomic mass is 10.1. The van der Waals surface area contributed by atoms with E-state index in [9.17, 15) is 9.59 Å². The van der Waals surface area contributed by atoms with Gasteiger partial charge in [-0.1, -0.05) is 0 Å². The van der Waals surface area contributed by atoms with E-state index in [1.807, 2.05) is 26.0 Å². The standard InChI is InChI=1S/C14H17IN2O3/c1-8-4-11(5-9(2)13(8)15)17-7-12(20-14(17)19)6-16-10(3)18/h4-5,12H,6-7H2,1-3H3,(H,16,18). The molecule has 1 aliphatic heterocycles. The van der Waals surface area contributed by atoms with Gasteiger partial charge in [-0.05, 0) is 59.7 Å². The summed E-state index contributed by atoms with van der Waals surface area (Å²) < 4.78 is 6.46. The number of hydrogen-bond acceptors (Lipinski definition) is 3. The third kappa shape index (κ3) is 3.23. The zero-order chi connectivity index (χ0) is 14.9. The highest BCUT2D eigenvalue weighted by Gasteiger charge is 2.32. The highest BCUT2D eigenvalue weighted by Crippen LogP contribution is 2.27. The molecule has 1 aromatic carbocycles. The van der Waals surface area contributed by atoms with Gasteiger partial charge < -0.3 is 10.1 Å². The lowest BCUT2D eigenvalue weighted by molar-refractivity contribution is -0.119. The molecule has 1 heterocycles. The van der Waals surface area contributed by atoms with Gasteiger partial charge in [0.25, 0.3) is 0 Å². The van der Waals surface area contributed by atoms with Crippen molar-refractivity contribution in [2.45, 2.75) is 26.9 Å². The average molecular weight is 388 g/mol. The van der Waals surface area contributed by atoms with E-state index < -0.39 is 0 Å². The van der Waals surface area contributed by atoms with E-state index >= 15 is 0 Å². The van der Waals surface area contributed by atoms with Gasteiger partial charge in [0.15, 0.2) is 0 Å². The van der Waals surface area contributed by atoms with Gasteiger partial charge in [0.2, 0.25) is 5.91 Å². The normalized spacial score (nSPS) is 18.1. The minimum Gasteiger partial charge on any atom is -0.442 e. The Morgan fingerprint density at radius 3 is 2.60 bits per heavy atom. The van der Waals surface area contributed by atoms with E-state index in [0.29, 0.717) is 13.1 Å². The van der Waals surface area contributed by atoms with Crippen LogP contribution < -0.4 is 10.2 Å². The summed E-state index contributed by atoms with van der Waals surface area (Å²) >= 11 is 2.30. The highest BCUT2D eigenvalue weighted by molar-refractivity contribution is 14.1. The van der Waals surface area contributed by atoms with Crippen LogP contribution in [0.15, 0.2) is 12.1 Å². The van der Waals surface area contributed by atoms with Gasteiger partial charge in [-0.2, -0.15) is 0 Å². The molecule has 108 valence electrons. The number of hydrogen-bond donors (Lipinski definition) is 1. The van der Waals surface area contributed by atoms with Crippen LogP contribution in [0.1, 0.15) is 18.1 Å². The fourth-order valence-corrected chi connectivity index (χ4v) is 2.49. The molecule has 1 unspecified atom stereocenters. The molecule has 2 amide bonds. The number of halogens is 1. The van der Waals surface area contributed by atoms with Crippen molar-refractivity contribution in [3.8, 4) is 0 Å². The Hall–Kier alpha value is -1.31. The topological polar surface area (TPSA) is 58.6 Å². The predicted octanol–water partition coefficient (Wildman–Crippen LogP) is 2.37. The number of amides is 2. The summed E-state index contributed by atoms with van der Waals surface area (Å²) in [6.45, 7) is 6.29. The maximum Gasteiger partial charge on any atom is 0.414 e. The van der Waals surface area contributed by atoms with Crippen molar-refractivity contribution in [2.75, 3.05) is 18.0 Å². The minimum atomic E-state index is -0.361. The summed E-state index contributed by atoms with van der Waals surface area (Å²) in [6, 6.07) is 3.97. The summed E-state index contributed by atoms with van der Waals surface area (Å²) in [6.07, 6.45) is -0.661. The van der Waals surface area contributed by atoms with Crippen molar-refractivity contribution in [1.29, 1.82) is 0 Å². The molecule has 0 saturated carbocycles. The van der Waals surface area contributed by atoms with Crippen molar-refractivity contribution in [3.05, 3.63) is 26.8 Å². The second-order valence-corrected chi connectivity index (χ2v) is 6.03. The summed E-state index contributed by atoms with van der Waals surface area (Å²) in [5.74, 6) is -0.125. The molecule has 1 aromatic rings. The second-order valence-electron chi connectivity index (χ2n) is 4.95. The zero-order valence-corrected chi connectivity index (χ0v) is 13.9. The quantitative estimate of drug-likeness (QED) is 0.809. The van der Waals surface area contributed by atoms with Gasteiger partial charge in [0.05, 0.1) is 13.1 Å². The number of rotatable bonds is 3. The molecule has 1 N–H and O–H groups in total. The third-order valence-corrected chi connectivity index (χ3v) is 4.89. The lowest BCUT2D eigenvalue weighted by Crippen LogP contribution is -2.33. The van der Waals surface area contributed by atoms with Gasteiger partial charge in [0.1, 0.15) is 6.10 Å². The molecule has 6 heteroatoms. The Morgan fingerprint density at radius 2 is 2.05 bits per heavy atom. The van der Waals surface area contributed by atoms with Crippen molar-refractivity contribution < 1.29 is 14.3 Å². The number of cyclic esters (lactones) is 1. The van der Waals surface area contributed by atoms with E-state index in [0.717, 1.165) is 16.8 Å². The van der Waals surface area contributed by atoms with Gasteiger partial charge in [0, 0.05) is 16.2 Å². The second kappa shape index (κ2) is 5.99. The maximum atomic E-state index is 11.9. The SMILES string of the molecule is CC(=O)NCC1CN(c2cc(C)c(I)c(C)c2)C(=O)O1. The lowest BCUT2D eigenvalue weighted by Gasteiger charge is -2.16. The van der Waals surface area contributed by atoms with Crippen LogP contribution in [-0.2, 0) is 9.53 Å². The first-order chi connectivity index (χ1) is 9.38. The van der Waals surface area contributed by atoms with Crippen molar-refractivity contribution in [3.63, 3.8) is 0 Å². The maximum absolute atomic E-state index is 11.9. The molecule has 0 spiro atoms. The van der Waals surface area contributed by atoms with E-state index in [2.05, 4.69) is 27.9 Å². The Kier molecular flexibility index (Phi) is 4.52. The van der Waals surface area contributed by atoms with Gasteiger partial charge in [-0.3, -0.25) is 9.69 Å². The smallest absolute Gasteiger partial charge is 0.414 e. The number of nitrogens with one attached hydrogen (secondary N) is 1. The molecule has 1 atom stereocenters. The molecule has 1 aliphatic rings. The van der Waals surface area contributed by atoms with Crippen LogP contribution in [0.4, 0.5) is 10.5 Å². The minimum absolute atomic E-state index is 0.125. The monoisotopic (exact) mass is 388 g/mol. The average Bonchev–Trinajstić information content (AvgIpc) is 2.74. The van der Waals surface area contributed by atoms with Crippen molar-refractivity contribution >= 4 is 40.3 Å². The van der Waals surface area contributed by atoms with E-state index in [1.165, 1.54) is 10.5 Å². The van der Waals surface area contributed by atoms with E-state index in [1.54, 1.807) is 4.90 Å². The first kappa shape index (κ1) is 15.1. The molecule has 2 rings (SSSR count). The summed E-state index contributed by atoms with van der Waals surface area (Å²) in [5, 5.41) is 2.67. The molecule has 1 fully saturated rings. The summed E-state index contributed by atoms with van der Waals surface area (Å²) in [5.41, 5.74) is 3.12. The number of benzene rings is 1. The number of carbonyl (C=O) groups excluding carboxylic acids is 2. The molecular weight excluding hydrogens is 371 g/mol. The fraction of sp³-hybridized carbons (Fsp3) is 0.429. The number of carbonyl (C=O) groups is 2. The summed E-state index contributed by atoms with van der Waals surface area (Å²) in [7, 11) is 0. The number of nitrogens with zero attached hydrogens (tertiary/aromatic N) is 1. The number of ether oxygens (including phenoxy) is 1. The van der Waals surface area contributed by atoms with Crippen LogP contribution in [-0.4, -0.2) is 31.2 Å². The number of anilines is 1. The Labute approximate surface area is 131 Å². The summed E-state index contributed by atoms with van der Waals surface area (Å²) in [4.78, 5) is 24.4. The van der Waals surface area contributed by atoms with Crippen LogP contribution in [0.2, 0.25) is 0 Å². The molecule has 0 aromatic heterocycles. The van der Waals surface area contributed by atoms with Gasteiger partial charge >= 0.3 is 6.09 Å². The molecule has 0 bridgehead atoms. The molecule has 20 heavy (non-hydrogen) atoms. The van der Waals surface area contributed by atoms with Crippen LogP contribution in [0, 0.1) is 17.4 Å². The van der Waals surface area contributed by atoms with Gasteiger partial charge in [-0.25, -0.2) is 4.79 Å². The molecule has 0 radical (unpaired) electrons. The molecule has 1 saturated heterocycles. The van der Waals surface area contributed by atoms with Crippen molar-refractivity contribution in [1.82, 2.24) is 5.32 Å². The Morgan fingerprint density at radius 1 is 1.45 bits per heavy atom. The molecular formula is C14H17IN2O3. The van der Waals surface area contributed by atoms with Crippen LogP contribution >= 0.6 is 22.6 Å². The van der Waals surface area contributed by atoms with Crippen LogP contribution in [0.5, 0.6) is 0 Å². The van der Waals surface area contributed by atoms with Crippen molar-refractivity contribution in [2.24, 2.45) is 0 Å². The number of aryl methyl sites for hydroxylation is 2. The highest BCUT2D eigenvalue weighted by atomic mass is 127. The van der Waals surface area contributed by atoms with E-state index in [-0.39, 0.29) is 18.1 Å².